The van der Waals surface area contributed by atoms with Crippen molar-refractivity contribution < 1.29 is 4.79 Å². The number of pyridine rings is 1. The largest absolute Gasteiger partial charge is 0.383 e. The maximum absolute atomic E-state index is 12.1. The van der Waals surface area contributed by atoms with Gasteiger partial charge < -0.3 is 15.5 Å². The molecule has 0 aliphatic carbocycles. The van der Waals surface area contributed by atoms with Crippen LogP contribution in [0.1, 0.15) is 10.5 Å². The first kappa shape index (κ1) is 16.3. The normalized spacial score (nSPS) is 10.5. The van der Waals surface area contributed by atoms with Crippen molar-refractivity contribution in [2.75, 3.05) is 37.8 Å². The van der Waals surface area contributed by atoms with Crippen LogP contribution < -0.4 is 10.6 Å². The van der Waals surface area contributed by atoms with E-state index < -0.39 is 0 Å². The van der Waals surface area contributed by atoms with Crippen molar-refractivity contribution >= 4 is 28.9 Å². The molecule has 1 heterocycles. The van der Waals surface area contributed by atoms with E-state index in [-0.39, 0.29) is 5.91 Å². The zero-order chi connectivity index (χ0) is 15.9. The quantitative estimate of drug-likeness (QED) is 0.859. The van der Waals surface area contributed by atoms with E-state index >= 15 is 0 Å². The van der Waals surface area contributed by atoms with Crippen molar-refractivity contribution in [2.24, 2.45) is 0 Å². The minimum Gasteiger partial charge on any atom is -0.383 e. The summed E-state index contributed by atoms with van der Waals surface area (Å²) < 4.78 is 0. The van der Waals surface area contributed by atoms with Crippen LogP contribution in [-0.2, 0) is 0 Å². The van der Waals surface area contributed by atoms with Crippen LogP contribution in [0.2, 0.25) is 5.02 Å². The topological polar surface area (TPSA) is 57.3 Å². The molecule has 0 aliphatic rings. The Morgan fingerprint density at radius 1 is 1.23 bits per heavy atom. The molecule has 2 N–H and O–H groups in total. The van der Waals surface area contributed by atoms with E-state index in [0.29, 0.717) is 16.4 Å². The number of benzene rings is 1. The highest BCUT2D eigenvalue weighted by atomic mass is 35.5. The summed E-state index contributed by atoms with van der Waals surface area (Å²) in [7, 11) is 4.03. The van der Waals surface area contributed by atoms with Gasteiger partial charge in [0.2, 0.25) is 0 Å². The molecule has 1 amide bonds. The highest BCUT2D eigenvalue weighted by Gasteiger charge is 2.07. The van der Waals surface area contributed by atoms with Crippen LogP contribution >= 0.6 is 11.6 Å². The number of carbonyl (C=O) groups is 1. The lowest BCUT2D eigenvalue weighted by molar-refractivity contribution is 0.102. The number of halogens is 1. The summed E-state index contributed by atoms with van der Waals surface area (Å²) in [5.74, 6) is -0.262. The molecule has 0 aliphatic heterocycles. The third kappa shape index (κ3) is 5.02. The number of likely N-dealkylation sites (N-methyl/N-ethyl adjacent to an activating group) is 1. The van der Waals surface area contributed by atoms with Gasteiger partial charge in [-0.05, 0) is 44.4 Å². The van der Waals surface area contributed by atoms with Crippen LogP contribution in [0.4, 0.5) is 11.4 Å². The Balaban J connectivity index is 1.93. The fourth-order valence-electron chi connectivity index (χ4n) is 1.82. The molecule has 1 aromatic carbocycles. The zero-order valence-corrected chi connectivity index (χ0v) is 13.4. The summed E-state index contributed by atoms with van der Waals surface area (Å²) in [5, 5.41) is 6.58. The van der Waals surface area contributed by atoms with Crippen LogP contribution in [0.25, 0.3) is 0 Å². The highest BCUT2D eigenvalue weighted by Crippen LogP contribution is 2.16. The van der Waals surface area contributed by atoms with E-state index in [1.807, 2.05) is 20.2 Å². The predicted octanol–water partition coefficient (Wildman–Crippen LogP) is 2.96. The van der Waals surface area contributed by atoms with Crippen LogP contribution in [-0.4, -0.2) is 43.0 Å². The van der Waals surface area contributed by atoms with Gasteiger partial charge in [0.25, 0.3) is 5.91 Å². The summed E-state index contributed by atoms with van der Waals surface area (Å²) in [4.78, 5) is 18.4. The van der Waals surface area contributed by atoms with Crippen LogP contribution in [0, 0.1) is 0 Å². The number of hydrogen-bond donors (Lipinski definition) is 2. The number of carbonyl (C=O) groups excluding carboxylic acids is 1. The number of rotatable bonds is 6. The number of nitrogens with one attached hydrogen (secondary N) is 2. The molecule has 5 nitrogen and oxygen atoms in total. The van der Waals surface area contributed by atoms with Gasteiger partial charge in [-0.15, -0.1) is 0 Å². The Kier molecular flexibility index (Phi) is 5.75. The number of amides is 1. The molecule has 0 spiro atoms. The van der Waals surface area contributed by atoms with Crippen LogP contribution in [0.3, 0.4) is 0 Å². The Morgan fingerprint density at radius 3 is 2.68 bits per heavy atom. The van der Waals surface area contributed by atoms with Crippen molar-refractivity contribution in [1.82, 2.24) is 9.88 Å². The molecular weight excluding hydrogens is 300 g/mol. The maximum atomic E-state index is 12.1. The third-order valence-corrected chi connectivity index (χ3v) is 3.20. The summed E-state index contributed by atoms with van der Waals surface area (Å²) in [6.45, 7) is 1.75. The second-order valence-corrected chi connectivity index (χ2v) is 5.56. The molecule has 0 saturated heterocycles. The minimum atomic E-state index is -0.262. The molecule has 2 aromatic rings. The van der Waals surface area contributed by atoms with Gasteiger partial charge in [0, 0.05) is 23.8 Å². The average Bonchev–Trinajstić information content (AvgIpc) is 2.47. The third-order valence-electron chi connectivity index (χ3n) is 2.97. The van der Waals surface area contributed by atoms with E-state index in [0.717, 1.165) is 18.8 Å². The van der Waals surface area contributed by atoms with E-state index in [9.17, 15) is 4.79 Å². The van der Waals surface area contributed by atoms with Crippen molar-refractivity contribution in [2.45, 2.75) is 0 Å². The fraction of sp³-hybridized carbons (Fsp3) is 0.250. The Morgan fingerprint density at radius 2 is 2.05 bits per heavy atom. The molecule has 0 radical (unpaired) electrons. The van der Waals surface area contributed by atoms with Gasteiger partial charge in [-0.1, -0.05) is 17.7 Å². The van der Waals surface area contributed by atoms with Gasteiger partial charge in [-0.25, -0.2) is 4.98 Å². The second-order valence-electron chi connectivity index (χ2n) is 5.13. The van der Waals surface area contributed by atoms with Gasteiger partial charge >= 0.3 is 0 Å². The SMILES string of the molecule is CN(C)CCNc1ccc(C(=O)Nc2cccc(Cl)c2)nc1. The smallest absolute Gasteiger partial charge is 0.274 e. The molecule has 0 unspecified atom stereocenters. The molecule has 0 atom stereocenters. The minimum absolute atomic E-state index is 0.262. The Labute approximate surface area is 135 Å². The van der Waals surface area contributed by atoms with Gasteiger partial charge in [0.05, 0.1) is 11.9 Å². The lowest BCUT2D eigenvalue weighted by atomic mass is 10.3. The standard InChI is InChI=1S/C16H19ClN4O/c1-21(2)9-8-18-14-6-7-15(19-11-14)16(22)20-13-5-3-4-12(17)10-13/h3-7,10-11,18H,8-9H2,1-2H3,(H,20,22). The highest BCUT2D eigenvalue weighted by molar-refractivity contribution is 6.30. The number of aromatic nitrogens is 1. The molecule has 0 bridgehead atoms. The first-order chi connectivity index (χ1) is 10.5. The average molecular weight is 319 g/mol. The van der Waals surface area contributed by atoms with Gasteiger partial charge in [0.15, 0.2) is 0 Å². The zero-order valence-electron chi connectivity index (χ0n) is 12.6. The van der Waals surface area contributed by atoms with E-state index in [1.54, 1.807) is 36.5 Å². The molecule has 0 fully saturated rings. The Bertz CT molecular complexity index is 628. The Hall–Kier alpha value is -2.11. The first-order valence-corrected chi connectivity index (χ1v) is 7.34. The second kappa shape index (κ2) is 7.77. The van der Waals surface area contributed by atoms with Crippen molar-refractivity contribution in [3.05, 3.63) is 53.3 Å². The van der Waals surface area contributed by atoms with E-state index in [2.05, 4.69) is 20.5 Å². The lowest BCUT2D eigenvalue weighted by Gasteiger charge is -2.11. The van der Waals surface area contributed by atoms with E-state index in [1.165, 1.54) is 0 Å². The molecule has 0 saturated carbocycles. The summed E-state index contributed by atoms with van der Waals surface area (Å²) in [5.41, 5.74) is 1.90. The predicted molar refractivity (Wildman–Crippen MR) is 90.7 cm³/mol. The van der Waals surface area contributed by atoms with Crippen molar-refractivity contribution in [1.29, 1.82) is 0 Å². The molecule has 1 aromatic heterocycles. The summed E-state index contributed by atoms with van der Waals surface area (Å²) in [6, 6.07) is 10.5. The molecule has 6 heteroatoms. The number of anilines is 2. The molecule has 2 rings (SSSR count). The molecular formula is C16H19ClN4O. The fourth-order valence-corrected chi connectivity index (χ4v) is 2.01. The molecule has 22 heavy (non-hydrogen) atoms. The van der Waals surface area contributed by atoms with Crippen molar-refractivity contribution in [3.8, 4) is 0 Å². The monoisotopic (exact) mass is 318 g/mol. The van der Waals surface area contributed by atoms with E-state index in [4.69, 9.17) is 11.6 Å². The summed E-state index contributed by atoms with van der Waals surface area (Å²) in [6.07, 6.45) is 1.66. The maximum Gasteiger partial charge on any atom is 0.274 e. The summed E-state index contributed by atoms with van der Waals surface area (Å²) >= 11 is 5.89. The van der Waals surface area contributed by atoms with Crippen molar-refractivity contribution in [3.63, 3.8) is 0 Å². The van der Waals surface area contributed by atoms with Gasteiger partial charge in [-0.3, -0.25) is 4.79 Å². The first-order valence-electron chi connectivity index (χ1n) is 6.96. The molecule has 116 valence electrons. The van der Waals surface area contributed by atoms with Gasteiger partial charge in [-0.2, -0.15) is 0 Å². The number of hydrogen-bond acceptors (Lipinski definition) is 4. The van der Waals surface area contributed by atoms with Gasteiger partial charge in [0.1, 0.15) is 5.69 Å². The number of nitrogens with zero attached hydrogens (tertiary/aromatic N) is 2. The van der Waals surface area contributed by atoms with Crippen LogP contribution in [0.15, 0.2) is 42.6 Å². The lowest BCUT2D eigenvalue weighted by Crippen LogP contribution is -2.21. The van der Waals surface area contributed by atoms with Crippen LogP contribution in [0.5, 0.6) is 0 Å².